The highest BCUT2D eigenvalue weighted by atomic mass is 32.2. The van der Waals surface area contributed by atoms with Crippen LogP contribution in [0.25, 0.3) is 10.2 Å². The number of thioether (sulfide) groups is 1. The van der Waals surface area contributed by atoms with E-state index in [0.29, 0.717) is 23.4 Å². The number of rotatable bonds is 7. The second-order valence-corrected chi connectivity index (χ2v) is 9.26. The zero-order valence-electron chi connectivity index (χ0n) is 16.2. The average Bonchev–Trinajstić information content (AvgIpc) is 3.26. The highest BCUT2D eigenvalue weighted by Crippen LogP contribution is 2.36. The molecule has 148 valence electrons. The molecular formula is C19H24N6OS2. The molecule has 0 saturated carbocycles. The fourth-order valence-electron chi connectivity index (χ4n) is 3.65. The molecule has 7 nitrogen and oxygen atoms in total. The Labute approximate surface area is 171 Å². The molecule has 1 atom stereocenters. The van der Waals surface area contributed by atoms with E-state index in [2.05, 4.69) is 36.0 Å². The van der Waals surface area contributed by atoms with Gasteiger partial charge in [-0.3, -0.25) is 9.36 Å². The van der Waals surface area contributed by atoms with E-state index in [0.717, 1.165) is 48.3 Å². The van der Waals surface area contributed by atoms with Crippen LogP contribution in [0.2, 0.25) is 0 Å². The molecule has 3 aromatic rings. The van der Waals surface area contributed by atoms with E-state index in [9.17, 15) is 4.79 Å². The Morgan fingerprint density at radius 2 is 2.29 bits per heavy atom. The van der Waals surface area contributed by atoms with Crippen molar-refractivity contribution in [2.45, 2.75) is 63.5 Å². The van der Waals surface area contributed by atoms with Crippen LogP contribution < -0.4 is 5.56 Å². The van der Waals surface area contributed by atoms with Crippen LogP contribution in [0.4, 0.5) is 0 Å². The van der Waals surface area contributed by atoms with Crippen LogP contribution in [-0.2, 0) is 31.7 Å². The summed E-state index contributed by atoms with van der Waals surface area (Å²) in [5.41, 5.74) is 1.27. The summed E-state index contributed by atoms with van der Waals surface area (Å²) in [6.45, 7) is 9.42. The predicted octanol–water partition coefficient (Wildman–Crippen LogP) is 3.46. The molecule has 0 aliphatic heterocycles. The van der Waals surface area contributed by atoms with E-state index >= 15 is 0 Å². The maximum absolute atomic E-state index is 13.3. The zero-order valence-corrected chi connectivity index (χ0v) is 17.9. The SMILES string of the molecule is C=CCn1c(SCc2nnnn2CCC)nc2sc3c(c2c1=O)CC[C@@H](C)C3. The van der Waals surface area contributed by atoms with Crippen molar-refractivity contribution in [3.05, 3.63) is 39.3 Å². The second-order valence-electron chi connectivity index (χ2n) is 7.24. The number of hydrogen-bond donors (Lipinski definition) is 0. The third-order valence-electron chi connectivity index (χ3n) is 5.06. The van der Waals surface area contributed by atoms with Gasteiger partial charge in [0.05, 0.1) is 11.1 Å². The Kier molecular flexibility index (Phi) is 5.63. The first-order chi connectivity index (χ1) is 13.6. The van der Waals surface area contributed by atoms with Gasteiger partial charge in [0.1, 0.15) is 4.83 Å². The van der Waals surface area contributed by atoms with Gasteiger partial charge in [-0.1, -0.05) is 31.7 Å². The lowest BCUT2D eigenvalue weighted by atomic mass is 9.89. The van der Waals surface area contributed by atoms with Crippen molar-refractivity contribution in [2.75, 3.05) is 0 Å². The van der Waals surface area contributed by atoms with Gasteiger partial charge in [0.15, 0.2) is 11.0 Å². The number of aromatic nitrogens is 6. The molecule has 0 radical (unpaired) electrons. The third kappa shape index (κ3) is 3.53. The lowest BCUT2D eigenvalue weighted by Crippen LogP contribution is -2.23. The first kappa shape index (κ1) is 19.3. The van der Waals surface area contributed by atoms with Gasteiger partial charge in [0, 0.05) is 18.0 Å². The van der Waals surface area contributed by atoms with E-state index in [-0.39, 0.29) is 5.56 Å². The van der Waals surface area contributed by atoms with Crippen LogP contribution in [0.3, 0.4) is 0 Å². The first-order valence-corrected chi connectivity index (χ1v) is 11.5. The van der Waals surface area contributed by atoms with E-state index in [1.165, 1.54) is 22.2 Å². The van der Waals surface area contributed by atoms with Crippen LogP contribution in [0.15, 0.2) is 22.6 Å². The molecule has 28 heavy (non-hydrogen) atoms. The minimum atomic E-state index is 0.0487. The third-order valence-corrected chi connectivity index (χ3v) is 7.18. The van der Waals surface area contributed by atoms with Crippen molar-refractivity contribution in [1.29, 1.82) is 0 Å². The molecule has 3 aromatic heterocycles. The van der Waals surface area contributed by atoms with Crippen molar-refractivity contribution >= 4 is 33.3 Å². The summed E-state index contributed by atoms with van der Waals surface area (Å²) in [6, 6.07) is 0. The van der Waals surface area contributed by atoms with E-state index < -0.39 is 0 Å². The Hall–Kier alpha value is -2.00. The monoisotopic (exact) mass is 416 g/mol. The largest absolute Gasteiger partial charge is 0.283 e. The summed E-state index contributed by atoms with van der Waals surface area (Å²) in [7, 11) is 0. The van der Waals surface area contributed by atoms with E-state index in [1.54, 1.807) is 22.0 Å². The van der Waals surface area contributed by atoms with Crippen molar-refractivity contribution in [2.24, 2.45) is 5.92 Å². The standard InChI is InChI=1S/C19H24N6OS2/c1-4-8-24-18(26)16-13-7-6-12(3)10-14(13)28-17(16)20-19(24)27-11-15-21-22-23-25(15)9-5-2/h4,12H,1,5-11H2,2-3H3/t12-/m1/s1. The number of fused-ring (bicyclic) bond motifs is 3. The highest BCUT2D eigenvalue weighted by Gasteiger charge is 2.24. The van der Waals surface area contributed by atoms with Crippen LogP contribution in [-0.4, -0.2) is 29.8 Å². The van der Waals surface area contributed by atoms with Gasteiger partial charge in [-0.05, 0) is 47.6 Å². The molecule has 0 unspecified atom stereocenters. The highest BCUT2D eigenvalue weighted by molar-refractivity contribution is 7.98. The summed E-state index contributed by atoms with van der Waals surface area (Å²) >= 11 is 3.19. The number of allylic oxidation sites excluding steroid dienone is 1. The normalized spacial score (nSPS) is 16.4. The second kappa shape index (κ2) is 8.16. The van der Waals surface area contributed by atoms with Gasteiger partial charge in [-0.15, -0.1) is 23.0 Å². The average molecular weight is 417 g/mol. The van der Waals surface area contributed by atoms with Crippen LogP contribution in [0.5, 0.6) is 0 Å². The van der Waals surface area contributed by atoms with Gasteiger partial charge < -0.3 is 0 Å². The van der Waals surface area contributed by atoms with E-state index in [1.807, 2.05) is 4.68 Å². The fraction of sp³-hybridized carbons (Fsp3) is 0.526. The van der Waals surface area contributed by atoms with Gasteiger partial charge >= 0.3 is 0 Å². The van der Waals surface area contributed by atoms with Gasteiger partial charge in [0.2, 0.25) is 0 Å². The Balaban J connectivity index is 1.73. The number of hydrogen-bond acceptors (Lipinski definition) is 7. The summed E-state index contributed by atoms with van der Waals surface area (Å²) in [4.78, 5) is 20.4. The number of tetrazole rings is 1. The van der Waals surface area contributed by atoms with Crippen molar-refractivity contribution < 1.29 is 0 Å². The van der Waals surface area contributed by atoms with Crippen LogP contribution in [0.1, 0.15) is 43.0 Å². The Morgan fingerprint density at radius 1 is 1.43 bits per heavy atom. The molecule has 0 amide bonds. The molecule has 3 heterocycles. The zero-order chi connectivity index (χ0) is 19.7. The molecule has 9 heteroatoms. The predicted molar refractivity (Wildman–Crippen MR) is 113 cm³/mol. The van der Waals surface area contributed by atoms with Crippen LogP contribution >= 0.6 is 23.1 Å². The molecule has 0 bridgehead atoms. The maximum Gasteiger partial charge on any atom is 0.263 e. The molecular weight excluding hydrogens is 392 g/mol. The molecule has 0 fully saturated rings. The maximum atomic E-state index is 13.3. The summed E-state index contributed by atoms with van der Waals surface area (Å²) in [6.07, 6.45) is 5.87. The molecule has 4 rings (SSSR count). The molecule has 1 aliphatic rings. The number of aryl methyl sites for hydroxylation is 2. The molecule has 1 aliphatic carbocycles. The van der Waals surface area contributed by atoms with Gasteiger partial charge in [-0.2, -0.15) is 0 Å². The van der Waals surface area contributed by atoms with Crippen molar-refractivity contribution in [3.63, 3.8) is 0 Å². The van der Waals surface area contributed by atoms with E-state index in [4.69, 9.17) is 4.98 Å². The molecule has 0 aromatic carbocycles. The minimum Gasteiger partial charge on any atom is -0.283 e. The Bertz CT molecular complexity index is 1070. The quantitative estimate of drug-likeness (QED) is 0.333. The van der Waals surface area contributed by atoms with Crippen LogP contribution in [0, 0.1) is 5.92 Å². The Morgan fingerprint density at radius 3 is 3.07 bits per heavy atom. The fourth-order valence-corrected chi connectivity index (χ4v) is 6.01. The van der Waals surface area contributed by atoms with Gasteiger partial charge in [-0.25, -0.2) is 9.67 Å². The number of nitrogens with zero attached hydrogens (tertiary/aromatic N) is 6. The lowest BCUT2D eigenvalue weighted by Gasteiger charge is -2.17. The summed E-state index contributed by atoms with van der Waals surface area (Å²) in [5.74, 6) is 2.04. The van der Waals surface area contributed by atoms with Gasteiger partial charge in [0.25, 0.3) is 5.56 Å². The number of thiophene rings is 1. The summed E-state index contributed by atoms with van der Waals surface area (Å²) < 4.78 is 3.55. The van der Waals surface area contributed by atoms with Crippen molar-refractivity contribution in [3.8, 4) is 0 Å². The lowest BCUT2D eigenvalue weighted by molar-refractivity contribution is 0.509. The summed E-state index contributed by atoms with van der Waals surface area (Å²) in [5, 5.41) is 13.4. The molecule has 0 saturated heterocycles. The smallest absolute Gasteiger partial charge is 0.263 e. The van der Waals surface area contributed by atoms with Crippen molar-refractivity contribution in [1.82, 2.24) is 29.8 Å². The topological polar surface area (TPSA) is 78.5 Å². The minimum absolute atomic E-state index is 0.0487. The first-order valence-electron chi connectivity index (χ1n) is 9.66. The molecule has 0 N–H and O–H groups in total. The molecule has 0 spiro atoms.